The minimum atomic E-state index is -0.882. The average molecular weight is 374 g/mol. The molecule has 2 N–H and O–H groups in total. The van der Waals surface area contributed by atoms with Crippen molar-refractivity contribution in [2.45, 2.75) is 19.8 Å². The monoisotopic (exact) mass is 373 g/mol. The maximum Gasteiger partial charge on any atom is 0.329 e. The zero-order valence-electron chi connectivity index (χ0n) is 14.7. The van der Waals surface area contributed by atoms with Gasteiger partial charge in [0.1, 0.15) is 5.75 Å². The molecular formula is C19H20ClN3O3. The fourth-order valence-corrected chi connectivity index (χ4v) is 2.37. The number of hydrogen-bond acceptors (Lipinski definition) is 4. The van der Waals surface area contributed by atoms with E-state index in [9.17, 15) is 9.59 Å². The Morgan fingerprint density at radius 1 is 1.12 bits per heavy atom. The third-order valence-corrected chi connectivity index (χ3v) is 3.89. The summed E-state index contributed by atoms with van der Waals surface area (Å²) in [5, 5.41) is 6.56. The molecule has 0 aliphatic heterocycles. The summed E-state index contributed by atoms with van der Waals surface area (Å²) in [7, 11) is 1.49. The molecule has 0 radical (unpaired) electrons. The van der Waals surface area contributed by atoms with Crippen molar-refractivity contribution in [1.29, 1.82) is 0 Å². The Balaban J connectivity index is 1.90. The molecule has 0 aromatic heterocycles. The minimum Gasteiger partial charge on any atom is -0.495 e. The summed E-state index contributed by atoms with van der Waals surface area (Å²) in [5.74, 6) is -0.816. The van der Waals surface area contributed by atoms with Crippen LogP contribution in [-0.4, -0.2) is 25.1 Å². The lowest BCUT2D eigenvalue weighted by molar-refractivity contribution is -0.136. The molecular weight excluding hydrogens is 354 g/mol. The number of carbonyl (C=O) groups excluding carboxylic acids is 2. The highest BCUT2D eigenvalue weighted by molar-refractivity contribution is 6.40. The Hall–Kier alpha value is -2.86. The largest absolute Gasteiger partial charge is 0.495 e. The molecule has 0 atom stereocenters. The van der Waals surface area contributed by atoms with Crippen molar-refractivity contribution in [3.63, 3.8) is 0 Å². The van der Waals surface area contributed by atoms with Gasteiger partial charge in [-0.25, -0.2) is 5.43 Å². The van der Waals surface area contributed by atoms with Gasteiger partial charge in [0.25, 0.3) is 0 Å². The van der Waals surface area contributed by atoms with E-state index in [0.29, 0.717) is 22.4 Å². The summed E-state index contributed by atoms with van der Waals surface area (Å²) in [6.45, 7) is 4.22. The normalized spacial score (nSPS) is 10.8. The first kappa shape index (κ1) is 19.5. The van der Waals surface area contributed by atoms with Gasteiger partial charge in [-0.2, -0.15) is 5.10 Å². The highest BCUT2D eigenvalue weighted by Crippen LogP contribution is 2.27. The predicted molar refractivity (Wildman–Crippen MR) is 103 cm³/mol. The van der Waals surface area contributed by atoms with Gasteiger partial charge in [-0.15, -0.1) is 0 Å². The average Bonchev–Trinajstić information content (AvgIpc) is 2.62. The molecule has 0 heterocycles. The topological polar surface area (TPSA) is 79.8 Å². The Labute approximate surface area is 157 Å². The van der Waals surface area contributed by atoms with Gasteiger partial charge in [0.05, 0.1) is 18.3 Å². The zero-order valence-corrected chi connectivity index (χ0v) is 15.5. The number of hydrazone groups is 1. The van der Waals surface area contributed by atoms with Crippen LogP contribution in [0.2, 0.25) is 5.02 Å². The van der Waals surface area contributed by atoms with Gasteiger partial charge in [0.2, 0.25) is 0 Å². The molecule has 0 bridgehead atoms. The van der Waals surface area contributed by atoms with E-state index in [-0.39, 0.29) is 0 Å². The van der Waals surface area contributed by atoms with E-state index < -0.39 is 11.8 Å². The summed E-state index contributed by atoms with van der Waals surface area (Å²) in [5.41, 5.74) is 4.59. The number of methoxy groups -OCH3 is 1. The summed E-state index contributed by atoms with van der Waals surface area (Å²) >= 11 is 5.97. The second-order valence-electron chi connectivity index (χ2n) is 5.82. The summed E-state index contributed by atoms with van der Waals surface area (Å²) in [6, 6.07) is 12.4. The smallest absolute Gasteiger partial charge is 0.329 e. The Morgan fingerprint density at radius 2 is 1.81 bits per heavy atom. The van der Waals surface area contributed by atoms with Crippen molar-refractivity contribution in [2.75, 3.05) is 12.4 Å². The third kappa shape index (κ3) is 5.32. The number of amides is 2. The highest BCUT2D eigenvalue weighted by atomic mass is 35.5. The second-order valence-corrected chi connectivity index (χ2v) is 6.23. The number of carbonyl (C=O) groups is 2. The molecule has 136 valence electrons. The van der Waals surface area contributed by atoms with Gasteiger partial charge in [0.15, 0.2) is 0 Å². The van der Waals surface area contributed by atoms with Crippen LogP contribution in [0, 0.1) is 0 Å². The van der Waals surface area contributed by atoms with Crippen molar-refractivity contribution in [3.05, 3.63) is 58.6 Å². The highest BCUT2D eigenvalue weighted by Gasteiger charge is 2.13. The van der Waals surface area contributed by atoms with E-state index in [2.05, 4.69) is 29.7 Å². The first-order chi connectivity index (χ1) is 12.4. The van der Waals surface area contributed by atoms with E-state index in [1.807, 2.05) is 24.3 Å². The van der Waals surface area contributed by atoms with Crippen LogP contribution in [0.5, 0.6) is 5.75 Å². The number of halogens is 1. The molecule has 0 aliphatic carbocycles. The van der Waals surface area contributed by atoms with Gasteiger partial charge >= 0.3 is 11.8 Å². The van der Waals surface area contributed by atoms with Gasteiger partial charge in [-0.1, -0.05) is 49.7 Å². The first-order valence-electron chi connectivity index (χ1n) is 7.98. The van der Waals surface area contributed by atoms with Crippen molar-refractivity contribution < 1.29 is 14.3 Å². The number of nitrogens with zero attached hydrogens (tertiary/aromatic N) is 1. The summed E-state index contributed by atoms with van der Waals surface area (Å²) in [6.07, 6.45) is 1.47. The van der Waals surface area contributed by atoms with E-state index in [0.717, 1.165) is 5.56 Å². The number of benzene rings is 2. The third-order valence-electron chi connectivity index (χ3n) is 3.60. The first-order valence-corrected chi connectivity index (χ1v) is 8.36. The SMILES string of the molecule is COc1ccc(NC(=O)C(=O)N/N=C\c2ccc(C(C)C)cc2)cc1Cl. The molecule has 0 aliphatic rings. The summed E-state index contributed by atoms with van der Waals surface area (Å²) in [4.78, 5) is 23.7. The molecule has 6 nitrogen and oxygen atoms in total. The van der Waals surface area contributed by atoms with Gasteiger partial charge in [0, 0.05) is 5.69 Å². The van der Waals surface area contributed by atoms with Crippen LogP contribution in [0.4, 0.5) is 5.69 Å². The molecule has 26 heavy (non-hydrogen) atoms. The van der Waals surface area contributed by atoms with E-state index in [1.165, 1.54) is 25.0 Å². The fourth-order valence-electron chi connectivity index (χ4n) is 2.12. The molecule has 2 amide bonds. The number of anilines is 1. The lowest BCUT2D eigenvalue weighted by Crippen LogP contribution is -2.32. The predicted octanol–water partition coefficient (Wildman–Crippen LogP) is 3.56. The van der Waals surface area contributed by atoms with Crippen molar-refractivity contribution in [3.8, 4) is 5.75 Å². The van der Waals surface area contributed by atoms with E-state index in [4.69, 9.17) is 16.3 Å². The lowest BCUT2D eigenvalue weighted by atomic mass is 10.0. The molecule has 0 spiro atoms. The molecule has 7 heteroatoms. The van der Waals surface area contributed by atoms with E-state index in [1.54, 1.807) is 12.1 Å². The Morgan fingerprint density at radius 3 is 2.38 bits per heavy atom. The number of rotatable bonds is 5. The fraction of sp³-hybridized carbons (Fsp3) is 0.211. The molecule has 2 rings (SSSR count). The van der Waals surface area contributed by atoms with Crippen LogP contribution < -0.4 is 15.5 Å². The Kier molecular flexibility index (Phi) is 6.74. The van der Waals surface area contributed by atoms with Crippen LogP contribution in [0.1, 0.15) is 30.9 Å². The van der Waals surface area contributed by atoms with E-state index >= 15 is 0 Å². The standard InChI is InChI=1S/C19H20ClN3O3/c1-12(2)14-6-4-13(5-7-14)11-21-23-19(25)18(24)22-15-8-9-17(26-3)16(20)10-15/h4-12H,1-3H3,(H,22,24)(H,23,25)/b21-11-. The number of nitrogens with one attached hydrogen (secondary N) is 2. The summed E-state index contributed by atoms with van der Waals surface area (Å²) < 4.78 is 5.02. The van der Waals surface area contributed by atoms with Crippen molar-refractivity contribution in [2.24, 2.45) is 5.10 Å². The maximum absolute atomic E-state index is 11.9. The second kappa shape index (κ2) is 9.01. The lowest BCUT2D eigenvalue weighted by Gasteiger charge is -2.07. The van der Waals surface area contributed by atoms with Gasteiger partial charge < -0.3 is 10.1 Å². The molecule has 0 fully saturated rings. The molecule has 2 aromatic rings. The van der Waals surface area contributed by atoms with Crippen LogP contribution in [-0.2, 0) is 9.59 Å². The van der Waals surface area contributed by atoms with Crippen LogP contribution >= 0.6 is 11.6 Å². The van der Waals surface area contributed by atoms with Crippen LogP contribution in [0.3, 0.4) is 0 Å². The van der Waals surface area contributed by atoms with Crippen LogP contribution in [0.25, 0.3) is 0 Å². The zero-order chi connectivity index (χ0) is 19.1. The maximum atomic E-state index is 11.9. The molecule has 0 saturated heterocycles. The van der Waals surface area contributed by atoms with Gasteiger partial charge in [-0.3, -0.25) is 9.59 Å². The van der Waals surface area contributed by atoms with Gasteiger partial charge in [-0.05, 0) is 35.2 Å². The number of hydrogen-bond donors (Lipinski definition) is 2. The Bertz CT molecular complexity index is 817. The molecule has 0 unspecified atom stereocenters. The van der Waals surface area contributed by atoms with Crippen LogP contribution in [0.15, 0.2) is 47.6 Å². The quantitative estimate of drug-likeness (QED) is 0.477. The molecule has 0 saturated carbocycles. The number of ether oxygens (including phenoxy) is 1. The van der Waals surface area contributed by atoms with Crippen molar-refractivity contribution in [1.82, 2.24) is 5.43 Å². The minimum absolute atomic E-state index is 0.327. The molecule has 2 aromatic carbocycles. The van der Waals surface area contributed by atoms with Crippen molar-refractivity contribution >= 4 is 35.3 Å².